The number of nitrogens with one attached hydrogen (secondary N) is 4. The van der Waals surface area contributed by atoms with E-state index in [1.807, 2.05) is 0 Å². The summed E-state index contributed by atoms with van der Waals surface area (Å²) in [5, 5.41) is 50.8. The van der Waals surface area contributed by atoms with Gasteiger partial charge in [-0.15, -0.1) is 0 Å². The molecule has 2 fully saturated rings. The molecule has 2 aliphatic heterocycles. The Morgan fingerprint density at radius 2 is 0.767 bits per heavy atom. The monoisotopic (exact) mass is 422 g/mol. The number of carbonyl (C=O) groups excluding carboxylic acids is 8. The normalized spacial score (nSPS) is 23.8. The largest absolute Gasteiger partial charge is 0.869 e. The molecule has 3 rings (SSSR count). The van der Waals surface area contributed by atoms with Gasteiger partial charge >= 0.3 is 12.1 Å². The van der Waals surface area contributed by atoms with E-state index in [2.05, 4.69) is 0 Å². The summed E-state index contributed by atoms with van der Waals surface area (Å²) in [7, 11) is 0. The van der Waals surface area contributed by atoms with Crippen LogP contribution in [0.3, 0.4) is 0 Å². The molecule has 0 radical (unpaired) electrons. The number of rotatable bonds is 2. The van der Waals surface area contributed by atoms with Gasteiger partial charge in [0.1, 0.15) is 0 Å². The molecule has 1 aliphatic carbocycles. The summed E-state index contributed by atoms with van der Waals surface area (Å²) in [6.07, 6.45) is 0. The number of urea groups is 2. The number of hydrogen-bond acceptors (Lipinski definition) is 12. The molecule has 0 unspecified atom stereocenters. The van der Waals surface area contributed by atoms with Crippen molar-refractivity contribution in [2.24, 2.45) is 0 Å². The van der Waals surface area contributed by atoms with Crippen LogP contribution in [-0.2, 0) is 28.8 Å². The van der Waals surface area contributed by atoms with Gasteiger partial charge in [0.15, 0.2) is 11.6 Å². The molecule has 3 aliphatic rings. The summed E-state index contributed by atoms with van der Waals surface area (Å²) in [6, 6.07) is -2.91. The molecule has 0 saturated carbocycles. The van der Waals surface area contributed by atoms with Gasteiger partial charge in [0.2, 0.25) is 0 Å². The van der Waals surface area contributed by atoms with Gasteiger partial charge in [0.25, 0.3) is 34.8 Å². The number of aliphatic hydroxyl groups is 2. The van der Waals surface area contributed by atoms with E-state index in [1.165, 1.54) is 21.3 Å². The fourth-order valence-corrected chi connectivity index (χ4v) is 2.81. The van der Waals surface area contributed by atoms with Gasteiger partial charge in [0.05, 0.1) is 0 Å². The second kappa shape index (κ2) is 6.03. The number of imide groups is 4. The number of carbonyl (C=O) groups is 8. The molecule has 0 bridgehead atoms. The lowest BCUT2D eigenvalue weighted by molar-refractivity contribution is -0.310. The Labute approximate surface area is 162 Å². The molecule has 0 atom stereocenters. The van der Waals surface area contributed by atoms with Crippen molar-refractivity contribution in [1.82, 2.24) is 21.3 Å². The molecule has 2 heterocycles. The van der Waals surface area contributed by atoms with Crippen molar-refractivity contribution in [3.8, 4) is 0 Å². The summed E-state index contributed by atoms with van der Waals surface area (Å²) in [5.74, 6) is -16.6. The van der Waals surface area contributed by atoms with Crippen LogP contribution in [0.2, 0.25) is 0 Å². The first-order chi connectivity index (χ1) is 13.8. The highest BCUT2D eigenvalue weighted by atomic mass is 16.3. The third kappa shape index (κ3) is 2.34. The highest BCUT2D eigenvalue weighted by molar-refractivity contribution is 6.37. The lowest BCUT2D eigenvalue weighted by Crippen LogP contribution is -2.71. The van der Waals surface area contributed by atoms with Crippen molar-refractivity contribution in [1.29, 1.82) is 0 Å². The zero-order chi connectivity index (χ0) is 22.8. The Morgan fingerprint density at radius 3 is 1.00 bits per heavy atom. The molecular formula is C14H6N4O12-2. The minimum Gasteiger partial charge on any atom is -0.869 e. The van der Waals surface area contributed by atoms with Crippen LogP contribution >= 0.6 is 0 Å². The van der Waals surface area contributed by atoms with E-state index >= 15 is 0 Å². The summed E-state index contributed by atoms with van der Waals surface area (Å²) >= 11 is 0. The fraction of sp³-hybridized carbons (Fsp3) is 0.143. The van der Waals surface area contributed by atoms with E-state index in [1.54, 1.807) is 0 Å². The van der Waals surface area contributed by atoms with Gasteiger partial charge in [-0.25, -0.2) is 9.59 Å². The van der Waals surface area contributed by atoms with Crippen molar-refractivity contribution < 1.29 is 58.8 Å². The smallest absolute Gasteiger partial charge is 0.328 e. The summed E-state index contributed by atoms with van der Waals surface area (Å²) in [6.45, 7) is 0. The first-order valence-corrected chi connectivity index (χ1v) is 7.49. The minimum atomic E-state index is -3.80. The second-order valence-electron chi connectivity index (χ2n) is 5.96. The Hall–Kier alpha value is -4.44. The predicted molar refractivity (Wildman–Crippen MR) is 77.3 cm³/mol. The van der Waals surface area contributed by atoms with E-state index in [9.17, 15) is 58.8 Å². The van der Waals surface area contributed by atoms with Crippen LogP contribution in [0.25, 0.3) is 0 Å². The van der Waals surface area contributed by atoms with Gasteiger partial charge < -0.3 is 20.4 Å². The topological polar surface area (TPSA) is 271 Å². The molecule has 0 spiro atoms. The quantitative estimate of drug-likeness (QED) is 0.179. The summed E-state index contributed by atoms with van der Waals surface area (Å²) in [5.41, 5.74) is -11.4. The van der Waals surface area contributed by atoms with Crippen LogP contribution < -0.4 is 31.5 Å². The van der Waals surface area contributed by atoms with Gasteiger partial charge in [0, 0.05) is 11.1 Å². The van der Waals surface area contributed by atoms with Crippen molar-refractivity contribution in [2.45, 2.75) is 11.2 Å². The molecule has 6 N–H and O–H groups in total. The molecule has 30 heavy (non-hydrogen) atoms. The molecule has 16 nitrogen and oxygen atoms in total. The van der Waals surface area contributed by atoms with Gasteiger partial charge in [-0.2, -0.15) is 0 Å². The zero-order valence-corrected chi connectivity index (χ0v) is 14.0. The minimum absolute atomic E-state index is 1.34. The average Bonchev–Trinajstić information content (AvgIpc) is 2.63. The maximum Gasteiger partial charge on any atom is 0.328 e. The van der Waals surface area contributed by atoms with Crippen LogP contribution in [0.15, 0.2) is 22.7 Å². The third-order valence-electron chi connectivity index (χ3n) is 4.27. The molecule has 8 amide bonds. The Balaban J connectivity index is 2.19. The molecular weight excluding hydrogens is 416 g/mol. The van der Waals surface area contributed by atoms with Gasteiger partial charge in [-0.3, -0.25) is 50.0 Å². The standard InChI is InChI=1S/C14H8N4O12/c19-3-1(13(29)7(23)15-11(27)16-8(13)24)4(20)6(22)2(5(3)21)14(30)9(25)17-12(28)18-10(14)26/h19,22,29-30H,(H2,15,16,23,24,27)(H2,17,18,25,26,28)/p-2. The number of Topliss-reactive ketones (excluding diaryl/α,β-unsaturated/α-hetero) is 2. The first kappa shape index (κ1) is 20.3. The molecule has 2 saturated heterocycles. The van der Waals surface area contributed by atoms with Crippen LogP contribution in [0.5, 0.6) is 0 Å². The number of hydrogen-bond donors (Lipinski definition) is 6. The van der Waals surface area contributed by atoms with Crippen LogP contribution in [0, 0.1) is 0 Å². The van der Waals surface area contributed by atoms with E-state index in [0.29, 0.717) is 0 Å². The first-order valence-electron chi connectivity index (χ1n) is 7.49. The molecule has 0 aromatic carbocycles. The van der Waals surface area contributed by atoms with Crippen molar-refractivity contribution in [2.75, 3.05) is 0 Å². The number of allylic oxidation sites excluding steroid dienone is 2. The van der Waals surface area contributed by atoms with E-state index in [4.69, 9.17) is 0 Å². The average molecular weight is 422 g/mol. The molecule has 0 aromatic heterocycles. The fourth-order valence-electron chi connectivity index (χ4n) is 2.81. The van der Waals surface area contributed by atoms with Crippen LogP contribution in [0.1, 0.15) is 0 Å². The van der Waals surface area contributed by atoms with E-state index < -0.39 is 81.1 Å². The maximum absolute atomic E-state index is 12.4. The highest BCUT2D eigenvalue weighted by Gasteiger charge is 2.59. The lowest BCUT2D eigenvalue weighted by Gasteiger charge is -2.40. The Morgan fingerprint density at radius 1 is 0.533 bits per heavy atom. The Bertz CT molecular complexity index is 970. The van der Waals surface area contributed by atoms with E-state index in [0.717, 1.165) is 0 Å². The van der Waals surface area contributed by atoms with Gasteiger partial charge in [-0.1, -0.05) is 0 Å². The number of ketones is 2. The Kier molecular flexibility index (Phi) is 4.08. The number of amides is 8. The predicted octanol–water partition coefficient (Wildman–Crippen LogP) is -7.44. The van der Waals surface area contributed by atoms with Crippen molar-refractivity contribution >= 4 is 47.3 Å². The van der Waals surface area contributed by atoms with Crippen molar-refractivity contribution in [3.05, 3.63) is 22.7 Å². The van der Waals surface area contributed by atoms with Crippen LogP contribution in [-0.4, -0.2) is 68.7 Å². The van der Waals surface area contributed by atoms with Crippen LogP contribution in [0.4, 0.5) is 9.59 Å². The molecule has 156 valence electrons. The summed E-state index contributed by atoms with van der Waals surface area (Å²) in [4.78, 5) is 94.7. The summed E-state index contributed by atoms with van der Waals surface area (Å²) < 4.78 is 0. The molecule has 16 heteroatoms. The third-order valence-corrected chi connectivity index (χ3v) is 4.27. The highest BCUT2D eigenvalue weighted by Crippen LogP contribution is 2.34. The lowest BCUT2D eigenvalue weighted by atomic mass is 9.75. The number of barbiturate groups is 2. The second-order valence-corrected chi connectivity index (χ2v) is 5.96. The molecule has 0 aromatic rings. The SMILES string of the molecule is O=C1NC(=O)C(O)(C2=C([O-])C(=O)C(C3(O)C(=O)NC(=O)NC3=O)=C([O-])C2=O)C(=O)N1. The van der Waals surface area contributed by atoms with Gasteiger partial charge in [-0.05, 0) is 11.5 Å². The zero-order valence-electron chi connectivity index (χ0n) is 14.0. The maximum atomic E-state index is 12.4. The van der Waals surface area contributed by atoms with E-state index in [-0.39, 0.29) is 0 Å². The van der Waals surface area contributed by atoms with Crippen molar-refractivity contribution in [3.63, 3.8) is 0 Å².